The minimum absolute atomic E-state index is 0.532. The lowest BCUT2D eigenvalue weighted by atomic mass is 10.5. The number of rotatable bonds is 1. The topological polar surface area (TPSA) is 9.23 Å². The molecule has 0 heterocycles. The Labute approximate surface area is 33.1 Å². The third-order valence-electron chi connectivity index (χ3n) is 0.201. The van der Waals surface area contributed by atoms with Crippen molar-refractivity contribution in [3.05, 3.63) is 12.3 Å². The molecule has 0 aliphatic rings. The van der Waals surface area contributed by atoms with Crippen LogP contribution in [-0.2, 0) is 4.65 Å². The van der Waals surface area contributed by atoms with E-state index in [-0.39, 0.29) is 0 Å². The highest BCUT2D eigenvalue weighted by molar-refractivity contribution is 5.98. The van der Waals surface area contributed by atoms with Crippen molar-refractivity contribution in [3.63, 3.8) is 0 Å². The molecule has 26 valence electrons. The first-order chi connectivity index (χ1) is 2.27. The van der Waals surface area contributed by atoms with Gasteiger partial charge >= 0.3 is 8.05 Å². The average molecular weight is 67.9 g/mol. The third-order valence-corrected chi connectivity index (χ3v) is 0.201. The minimum Gasteiger partial charge on any atom is -0.571 e. The molecule has 0 aromatic rings. The van der Waals surface area contributed by atoms with Gasteiger partial charge in [0.2, 0.25) is 0 Å². The van der Waals surface area contributed by atoms with E-state index in [1.165, 1.54) is 0 Å². The zero-order valence-electron chi connectivity index (χ0n) is 3.19. The molecule has 0 atom stereocenters. The Kier molecular flexibility index (Phi) is 1.73. The van der Waals surface area contributed by atoms with Crippen molar-refractivity contribution in [1.82, 2.24) is 0 Å². The lowest BCUT2D eigenvalue weighted by molar-refractivity contribution is 0.476. The maximum absolute atomic E-state index is 4.57. The van der Waals surface area contributed by atoms with Crippen LogP contribution in [-0.4, -0.2) is 8.05 Å². The molecule has 0 bridgehead atoms. The Morgan fingerprint density at radius 1 is 2.00 bits per heavy atom. The molecular formula is C3H5BO. The van der Waals surface area contributed by atoms with Gasteiger partial charge in [0.1, 0.15) is 0 Å². The maximum Gasteiger partial charge on any atom is 0.373 e. The highest BCUT2D eigenvalue weighted by Gasteiger charge is 1.65. The summed E-state index contributed by atoms with van der Waals surface area (Å²) in [6.45, 7) is 5.01. The zero-order valence-corrected chi connectivity index (χ0v) is 3.19. The van der Waals surface area contributed by atoms with Gasteiger partial charge < -0.3 is 4.65 Å². The fourth-order valence-electron chi connectivity index (χ4n) is 0. The first-order valence-electron chi connectivity index (χ1n) is 1.29. The van der Waals surface area contributed by atoms with Crippen LogP contribution in [0.25, 0.3) is 0 Å². The molecule has 0 saturated heterocycles. The molecule has 0 amide bonds. The Hall–Kier alpha value is -0.395. The van der Waals surface area contributed by atoms with Crippen LogP contribution in [0.2, 0.25) is 0 Å². The summed E-state index contributed by atoms with van der Waals surface area (Å²) >= 11 is 0. The van der Waals surface area contributed by atoms with Crippen molar-refractivity contribution in [2.75, 3.05) is 0 Å². The summed E-state index contributed by atoms with van der Waals surface area (Å²) in [6, 6.07) is 0. The van der Waals surface area contributed by atoms with Crippen molar-refractivity contribution in [3.8, 4) is 0 Å². The SMILES string of the molecule is [B]OC(=C)C. The lowest BCUT2D eigenvalue weighted by Crippen LogP contribution is -1.73. The predicted molar refractivity (Wildman–Crippen MR) is 21.7 cm³/mol. The average Bonchev–Trinajstić information content (AvgIpc) is 1.38. The highest BCUT2D eigenvalue weighted by Crippen LogP contribution is 1.79. The monoisotopic (exact) mass is 68.0 g/mol. The van der Waals surface area contributed by atoms with E-state index in [4.69, 9.17) is 0 Å². The van der Waals surface area contributed by atoms with Crippen LogP contribution in [0.15, 0.2) is 12.3 Å². The fraction of sp³-hybridized carbons (Fsp3) is 0.333. The van der Waals surface area contributed by atoms with E-state index in [0.29, 0.717) is 5.76 Å². The quantitative estimate of drug-likeness (QED) is 0.323. The minimum atomic E-state index is 0.532. The van der Waals surface area contributed by atoms with Crippen molar-refractivity contribution in [2.45, 2.75) is 6.92 Å². The molecule has 0 aliphatic heterocycles. The second-order valence-electron chi connectivity index (χ2n) is 0.820. The first-order valence-corrected chi connectivity index (χ1v) is 1.29. The highest BCUT2D eigenvalue weighted by atomic mass is 16.4. The Bertz CT molecular complexity index is 42.2. The lowest BCUT2D eigenvalue weighted by Gasteiger charge is -1.89. The maximum atomic E-state index is 4.57. The van der Waals surface area contributed by atoms with Crippen LogP contribution in [0.3, 0.4) is 0 Å². The molecule has 5 heavy (non-hydrogen) atoms. The van der Waals surface area contributed by atoms with Gasteiger partial charge in [-0.1, -0.05) is 6.58 Å². The van der Waals surface area contributed by atoms with E-state index in [1.807, 2.05) is 0 Å². The molecular weight excluding hydrogens is 62.8 g/mol. The Morgan fingerprint density at radius 2 is 2.20 bits per heavy atom. The van der Waals surface area contributed by atoms with Gasteiger partial charge in [0.05, 0.1) is 5.76 Å². The van der Waals surface area contributed by atoms with E-state index in [0.717, 1.165) is 0 Å². The molecule has 2 radical (unpaired) electrons. The summed E-state index contributed by atoms with van der Waals surface area (Å²) in [7, 11) is 4.57. The predicted octanol–water partition coefficient (Wildman–Crippen LogP) is 0.620. The van der Waals surface area contributed by atoms with Crippen LogP contribution in [0.4, 0.5) is 0 Å². The molecule has 0 saturated carbocycles. The van der Waals surface area contributed by atoms with Crippen LogP contribution in [0.5, 0.6) is 0 Å². The largest absolute Gasteiger partial charge is 0.571 e. The first kappa shape index (κ1) is 4.60. The molecule has 0 aromatic carbocycles. The van der Waals surface area contributed by atoms with Gasteiger partial charge in [-0.05, 0) is 6.92 Å². The Morgan fingerprint density at radius 3 is 2.20 bits per heavy atom. The molecule has 1 nitrogen and oxygen atoms in total. The van der Waals surface area contributed by atoms with E-state index in [9.17, 15) is 0 Å². The summed E-state index contributed by atoms with van der Waals surface area (Å²) in [5.41, 5.74) is 0. The van der Waals surface area contributed by atoms with E-state index >= 15 is 0 Å². The van der Waals surface area contributed by atoms with Gasteiger partial charge in [0, 0.05) is 0 Å². The summed E-state index contributed by atoms with van der Waals surface area (Å²) in [5.74, 6) is 0.532. The Balaban J connectivity index is 2.85. The van der Waals surface area contributed by atoms with Gasteiger partial charge in [0.25, 0.3) is 0 Å². The molecule has 2 heteroatoms. The van der Waals surface area contributed by atoms with E-state index in [1.54, 1.807) is 6.92 Å². The number of hydrogen-bond donors (Lipinski definition) is 0. The molecule has 0 aromatic heterocycles. The van der Waals surface area contributed by atoms with Crippen molar-refractivity contribution >= 4 is 8.05 Å². The van der Waals surface area contributed by atoms with Crippen LogP contribution < -0.4 is 0 Å². The van der Waals surface area contributed by atoms with Crippen LogP contribution in [0, 0.1) is 0 Å². The molecule has 0 N–H and O–H groups in total. The zero-order chi connectivity index (χ0) is 4.28. The summed E-state index contributed by atoms with van der Waals surface area (Å²) in [5, 5.41) is 0. The molecule has 0 aliphatic carbocycles. The van der Waals surface area contributed by atoms with Gasteiger partial charge in [-0.2, -0.15) is 0 Å². The third kappa shape index (κ3) is 3.60. The van der Waals surface area contributed by atoms with Crippen molar-refractivity contribution in [2.24, 2.45) is 0 Å². The normalized spacial score (nSPS) is 6.60. The second-order valence-corrected chi connectivity index (χ2v) is 0.820. The van der Waals surface area contributed by atoms with Crippen molar-refractivity contribution < 1.29 is 4.65 Å². The standard InChI is InChI=1S/C3H5BO/c1-3(2)5-4/h1H2,2H3. The molecule has 0 rings (SSSR count). The number of hydrogen-bond acceptors (Lipinski definition) is 1. The molecule has 0 fully saturated rings. The van der Waals surface area contributed by atoms with Crippen LogP contribution >= 0.6 is 0 Å². The van der Waals surface area contributed by atoms with Crippen molar-refractivity contribution in [1.29, 1.82) is 0 Å². The van der Waals surface area contributed by atoms with Gasteiger partial charge in [0.15, 0.2) is 0 Å². The van der Waals surface area contributed by atoms with Gasteiger partial charge in [-0.15, -0.1) is 0 Å². The summed E-state index contributed by atoms with van der Waals surface area (Å²) in [4.78, 5) is 0. The van der Waals surface area contributed by atoms with Crippen LogP contribution in [0.1, 0.15) is 6.92 Å². The summed E-state index contributed by atoms with van der Waals surface area (Å²) < 4.78 is 4.06. The number of allylic oxidation sites excluding steroid dienone is 1. The summed E-state index contributed by atoms with van der Waals surface area (Å²) in [6.07, 6.45) is 0. The van der Waals surface area contributed by atoms with E-state index < -0.39 is 0 Å². The van der Waals surface area contributed by atoms with Gasteiger partial charge in [-0.3, -0.25) is 0 Å². The van der Waals surface area contributed by atoms with E-state index in [2.05, 4.69) is 19.3 Å². The molecule has 0 spiro atoms. The fourth-order valence-corrected chi connectivity index (χ4v) is 0. The van der Waals surface area contributed by atoms with Gasteiger partial charge in [-0.25, -0.2) is 0 Å². The smallest absolute Gasteiger partial charge is 0.373 e. The molecule has 0 unspecified atom stereocenters. The second kappa shape index (κ2) is 1.88.